The number of aryl methyl sites for hydroxylation is 1. The summed E-state index contributed by atoms with van der Waals surface area (Å²) < 4.78 is 0. The Bertz CT molecular complexity index is 466. The lowest BCUT2D eigenvalue weighted by Gasteiger charge is -2.48. The van der Waals surface area contributed by atoms with Crippen molar-refractivity contribution in [1.82, 2.24) is 0 Å². The molecule has 0 bridgehead atoms. The molecule has 0 saturated heterocycles. The number of nitrogens with two attached hydrogens (primary N) is 1. The van der Waals surface area contributed by atoms with Gasteiger partial charge in [-0.2, -0.15) is 0 Å². The largest absolute Gasteiger partial charge is 0.367 e. The summed E-state index contributed by atoms with van der Waals surface area (Å²) in [5.41, 5.74) is 9.16. The van der Waals surface area contributed by atoms with Crippen LogP contribution in [0.15, 0.2) is 24.3 Å². The van der Waals surface area contributed by atoms with Crippen molar-refractivity contribution < 1.29 is 0 Å². The third-order valence-corrected chi connectivity index (χ3v) is 5.72. The summed E-state index contributed by atoms with van der Waals surface area (Å²) in [6, 6.07) is 8.71. The molecule has 2 nitrogen and oxygen atoms in total. The average molecular weight is 272 g/mol. The van der Waals surface area contributed by atoms with Crippen LogP contribution < -0.4 is 10.6 Å². The number of hydrogen-bond donors (Lipinski definition) is 1. The van der Waals surface area contributed by atoms with Gasteiger partial charge in [-0.1, -0.05) is 31.0 Å². The van der Waals surface area contributed by atoms with Gasteiger partial charge in [0.25, 0.3) is 0 Å². The van der Waals surface area contributed by atoms with Crippen molar-refractivity contribution in [1.29, 1.82) is 0 Å². The molecule has 20 heavy (non-hydrogen) atoms. The van der Waals surface area contributed by atoms with Crippen LogP contribution in [-0.4, -0.2) is 19.1 Å². The molecule has 2 saturated carbocycles. The molecular formula is C18H28N2. The van der Waals surface area contributed by atoms with E-state index in [0.29, 0.717) is 0 Å². The van der Waals surface area contributed by atoms with E-state index in [0.717, 1.165) is 18.4 Å². The van der Waals surface area contributed by atoms with Gasteiger partial charge in [0.05, 0.1) is 5.54 Å². The van der Waals surface area contributed by atoms with Gasteiger partial charge >= 0.3 is 0 Å². The molecule has 2 aliphatic carbocycles. The molecule has 0 aliphatic heterocycles. The first-order valence-electron chi connectivity index (χ1n) is 8.16. The molecule has 110 valence electrons. The lowest BCUT2D eigenvalue weighted by Crippen LogP contribution is -2.55. The molecule has 0 amide bonds. The average Bonchev–Trinajstić information content (AvgIpc) is 3.32. The van der Waals surface area contributed by atoms with Crippen LogP contribution in [-0.2, 0) is 0 Å². The SMILES string of the molecule is Cc1ccccc1N(C)C1(CN)CCCC(C2CC2)C1. The fourth-order valence-corrected chi connectivity index (χ4v) is 4.18. The Morgan fingerprint density at radius 2 is 1.95 bits per heavy atom. The Morgan fingerprint density at radius 1 is 1.20 bits per heavy atom. The minimum atomic E-state index is 0.178. The van der Waals surface area contributed by atoms with Crippen LogP contribution >= 0.6 is 0 Å². The van der Waals surface area contributed by atoms with Gasteiger partial charge in [0, 0.05) is 19.3 Å². The van der Waals surface area contributed by atoms with Crippen LogP contribution in [0.4, 0.5) is 5.69 Å². The highest BCUT2D eigenvalue weighted by Crippen LogP contribution is 2.48. The van der Waals surface area contributed by atoms with Gasteiger partial charge in [0.2, 0.25) is 0 Å². The number of benzene rings is 1. The maximum absolute atomic E-state index is 6.27. The Balaban J connectivity index is 1.85. The van der Waals surface area contributed by atoms with Crippen molar-refractivity contribution in [2.45, 2.75) is 51.0 Å². The standard InChI is InChI=1S/C18H28N2/c1-14-6-3-4-8-17(14)20(2)18(13-19)11-5-7-16(12-18)15-9-10-15/h3-4,6,8,15-16H,5,7,9-13,19H2,1-2H3. The number of para-hydroxylation sites is 1. The van der Waals surface area contributed by atoms with E-state index >= 15 is 0 Å². The zero-order valence-electron chi connectivity index (χ0n) is 12.9. The minimum Gasteiger partial charge on any atom is -0.367 e. The van der Waals surface area contributed by atoms with Crippen molar-refractivity contribution >= 4 is 5.69 Å². The van der Waals surface area contributed by atoms with E-state index in [2.05, 4.69) is 43.1 Å². The molecule has 2 heteroatoms. The first-order valence-corrected chi connectivity index (χ1v) is 8.16. The van der Waals surface area contributed by atoms with Gasteiger partial charge < -0.3 is 10.6 Å². The highest BCUT2D eigenvalue weighted by molar-refractivity contribution is 5.54. The predicted octanol–water partition coefficient (Wildman–Crippen LogP) is 3.73. The van der Waals surface area contributed by atoms with Gasteiger partial charge in [-0.15, -0.1) is 0 Å². The molecule has 0 aromatic heterocycles. The van der Waals surface area contributed by atoms with E-state index in [4.69, 9.17) is 5.73 Å². The molecule has 2 fully saturated rings. The number of rotatable bonds is 4. The second-order valence-electron chi connectivity index (χ2n) is 6.97. The molecule has 2 aliphatic rings. The summed E-state index contributed by atoms with van der Waals surface area (Å²) in [5.74, 6) is 1.92. The van der Waals surface area contributed by atoms with E-state index in [1.165, 1.54) is 49.8 Å². The van der Waals surface area contributed by atoms with Crippen LogP contribution in [0, 0.1) is 18.8 Å². The smallest absolute Gasteiger partial charge is 0.0523 e. The van der Waals surface area contributed by atoms with Crippen molar-refractivity contribution in [2.24, 2.45) is 17.6 Å². The van der Waals surface area contributed by atoms with E-state index < -0.39 is 0 Å². The monoisotopic (exact) mass is 272 g/mol. The molecule has 0 heterocycles. The Morgan fingerprint density at radius 3 is 2.60 bits per heavy atom. The van der Waals surface area contributed by atoms with E-state index in [-0.39, 0.29) is 5.54 Å². The maximum Gasteiger partial charge on any atom is 0.0523 e. The molecule has 2 atom stereocenters. The molecular weight excluding hydrogens is 244 g/mol. The van der Waals surface area contributed by atoms with Crippen LogP contribution in [0.2, 0.25) is 0 Å². The lowest BCUT2D eigenvalue weighted by atomic mass is 9.72. The first kappa shape index (κ1) is 13.9. The van der Waals surface area contributed by atoms with Crippen LogP contribution in [0.5, 0.6) is 0 Å². The second kappa shape index (κ2) is 5.40. The van der Waals surface area contributed by atoms with Crippen LogP contribution in [0.3, 0.4) is 0 Å². The van der Waals surface area contributed by atoms with Gasteiger partial charge in [0.15, 0.2) is 0 Å². The molecule has 3 rings (SSSR count). The quantitative estimate of drug-likeness (QED) is 0.905. The summed E-state index contributed by atoms with van der Waals surface area (Å²) >= 11 is 0. The van der Waals surface area contributed by atoms with Gasteiger partial charge in [-0.05, 0) is 56.1 Å². The normalized spacial score (nSPS) is 30.2. The number of nitrogens with zero attached hydrogens (tertiary/aromatic N) is 1. The fourth-order valence-electron chi connectivity index (χ4n) is 4.18. The van der Waals surface area contributed by atoms with E-state index in [1.807, 2.05) is 0 Å². The topological polar surface area (TPSA) is 29.3 Å². The third kappa shape index (κ3) is 2.46. The predicted molar refractivity (Wildman–Crippen MR) is 86.0 cm³/mol. The van der Waals surface area contributed by atoms with Crippen LogP contribution in [0.25, 0.3) is 0 Å². The van der Waals surface area contributed by atoms with Gasteiger partial charge in [0.1, 0.15) is 0 Å². The molecule has 2 N–H and O–H groups in total. The summed E-state index contributed by atoms with van der Waals surface area (Å²) in [7, 11) is 2.25. The molecule has 1 aromatic rings. The zero-order valence-corrected chi connectivity index (χ0v) is 12.9. The van der Waals surface area contributed by atoms with Gasteiger partial charge in [-0.3, -0.25) is 0 Å². The Hall–Kier alpha value is -1.02. The fraction of sp³-hybridized carbons (Fsp3) is 0.667. The maximum atomic E-state index is 6.27. The van der Waals surface area contributed by atoms with E-state index in [9.17, 15) is 0 Å². The van der Waals surface area contributed by atoms with Crippen molar-refractivity contribution in [3.05, 3.63) is 29.8 Å². The van der Waals surface area contributed by atoms with Crippen molar-refractivity contribution in [3.63, 3.8) is 0 Å². The zero-order chi connectivity index (χ0) is 14.2. The third-order valence-electron chi connectivity index (χ3n) is 5.72. The number of anilines is 1. The Labute approximate surface area is 123 Å². The first-order chi connectivity index (χ1) is 9.66. The highest BCUT2D eigenvalue weighted by atomic mass is 15.2. The van der Waals surface area contributed by atoms with Crippen molar-refractivity contribution in [2.75, 3.05) is 18.5 Å². The Kier molecular flexibility index (Phi) is 3.76. The highest BCUT2D eigenvalue weighted by Gasteiger charge is 2.43. The minimum absolute atomic E-state index is 0.178. The van der Waals surface area contributed by atoms with E-state index in [1.54, 1.807) is 0 Å². The summed E-state index contributed by atoms with van der Waals surface area (Å²) in [6.45, 7) is 2.98. The van der Waals surface area contributed by atoms with Crippen molar-refractivity contribution in [3.8, 4) is 0 Å². The lowest BCUT2D eigenvalue weighted by molar-refractivity contribution is 0.204. The molecule has 0 spiro atoms. The summed E-state index contributed by atoms with van der Waals surface area (Å²) in [5, 5.41) is 0. The summed E-state index contributed by atoms with van der Waals surface area (Å²) in [6.07, 6.45) is 8.22. The van der Waals surface area contributed by atoms with Crippen LogP contribution in [0.1, 0.15) is 44.1 Å². The van der Waals surface area contributed by atoms with Gasteiger partial charge in [-0.25, -0.2) is 0 Å². The molecule has 1 aromatic carbocycles. The second-order valence-corrected chi connectivity index (χ2v) is 6.97. The molecule has 2 unspecified atom stereocenters. The summed E-state index contributed by atoms with van der Waals surface area (Å²) in [4.78, 5) is 2.50. The number of likely N-dealkylation sites (N-methyl/N-ethyl adjacent to an activating group) is 1. The molecule has 0 radical (unpaired) electrons. The number of hydrogen-bond acceptors (Lipinski definition) is 2.